The van der Waals surface area contributed by atoms with E-state index in [1.54, 1.807) is 16.2 Å². The maximum atomic E-state index is 13.3. The summed E-state index contributed by atoms with van der Waals surface area (Å²) in [5.74, 6) is 0.279. The molecule has 1 unspecified atom stereocenters. The fraction of sp³-hybridized carbons (Fsp3) is 0.292. The first-order valence-corrected chi connectivity index (χ1v) is 11.4. The zero-order valence-corrected chi connectivity index (χ0v) is 19.0. The summed E-state index contributed by atoms with van der Waals surface area (Å²) in [5.41, 5.74) is 5.15. The Morgan fingerprint density at radius 1 is 1.16 bits per heavy atom. The van der Waals surface area contributed by atoms with E-state index in [9.17, 15) is 4.79 Å². The number of carbonyl (C=O) groups is 1. The van der Waals surface area contributed by atoms with Crippen LogP contribution in [-0.2, 0) is 4.74 Å². The molecule has 164 valence electrons. The Morgan fingerprint density at radius 2 is 2.00 bits per heavy atom. The number of pyridine rings is 1. The minimum atomic E-state index is -0.309. The molecule has 1 atom stereocenters. The third-order valence-electron chi connectivity index (χ3n) is 5.56. The molecule has 1 N–H and O–H groups in total. The van der Waals surface area contributed by atoms with Crippen LogP contribution in [0.4, 0.5) is 10.8 Å². The fourth-order valence-corrected chi connectivity index (χ4v) is 4.71. The molecule has 1 aliphatic heterocycles. The van der Waals surface area contributed by atoms with Gasteiger partial charge in [0.15, 0.2) is 10.9 Å². The third-order valence-corrected chi connectivity index (χ3v) is 6.44. The van der Waals surface area contributed by atoms with Crippen LogP contribution in [0.5, 0.6) is 0 Å². The second kappa shape index (κ2) is 8.37. The molecule has 1 amide bonds. The van der Waals surface area contributed by atoms with Gasteiger partial charge in [-0.15, -0.1) is 11.3 Å². The number of nitrogens with one attached hydrogen (secondary N) is 1. The first-order chi connectivity index (χ1) is 15.5. The van der Waals surface area contributed by atoms with Crippen molar-refractivity contribution in [3.63, 3.8) is 0 Å². The van der Waals surface area contributed by atoms with E-state index in [0.29, 0.717) is 25.5 Å². The highest BCUT2D eigenvalue weighted by Gasteiger charge is 2.30. The zero-order valence-electron chi connectivity index (χ0n) is 18.2. The van der Waals surface area contributed by atoms with Crippen LogP contribution in [0.25, 0.3) is 11.0 Å². The van der Waals surface area contributed by atoms with Crippen LogP contribution < -0.4 is 5.32 Å². The van der Waals surface area contributed by atoms with Crippen LogP contribution in [0.3, 0.4) is 0 Å². The molecule has 7 nitrogen and oxygen atoms in total. The summed E-state index contributed by atoms with van der Waals surface area (Å²) >= 11 is 1.56. The van der Waals surface area contributed by atoms with E-state index < -0.39 is 0 Å². The van der Waals surface area contributed by atoms with Crippen molar-refractivity contribution in [1.29, 1.82) is 0 Å². The molecule has 0 aliphatic carbocycles. The van der Waals surface area contributed by atoms with Crippen molar-refractivity contribution in [3.8, 4) is 0 Å². The zero-order chi connectivity index (χ0) is 22.2. The van der Waals surface area contributed by atoms with E-state index in [1.165, 1.54) is 0 Å². The number of furan rings is 1. The molecule has 0 radical (unpaired) electrons. The van der Waals surface area contributed by atoms with E-state index in [0.717, 1.165) is 44.4 Å². The predicted molar refractivity (Wildman–Crippen MR) is 125 cm³/mol. The highest BCUT2D eigenvalue weighted by atomic mass is 32.1. The van der Waals surface area contributed by atoms with E-state index in [4.69, 9.17) is 9.15 Å². The Hall–Kier alpha value is -3.23. The molecule has 32 heavy (non-hydrogen) atoms. The van der Waals surface area contributed by atoms with Gasteiger partial charge in [0.05, 0.1) is 24.5 Å². The maximum Gasteiger partial charge on any atom is 0.290 e. The van der Waals surface area contributed by atoms with Crippen molar-refractivity contribution in [3.05, 3.63) is 70.2 Å². The van der Waals surface area contributed by atoms with Crippen molar-refractivity contribution in [1.82, 2.24) is 14.9 Å². The normalized spacial score (nSPS) is 16.5. The van der Waals surface area contributed by atoms with E-state index in [2.05, 4.69) is 15.3 Å². The lowest BCUT2D eigenvalue weighted by molar-refractivity contribution is -0.0256. The number of rotatable bonds is 4. The Labute approximate surface area is 190 Å². The van der Waals surface area contributed by atoms with Gasteiger partial charge in [-0.3, -0.25) is 9.78 Å². The molecule has 4 heterocycles. The van der Waals surface area contributed by atoms with Gasteiger partial charge in [0, 0.05) is 34.3 Å². The van der Waals surface area contributed by atoms with Crippen LogP contribution in [0.15, 0.2) is 46.2 Å². The summed E-state index contributed by atoms with van der Waals surface area (Å²) in [4.78, 5) is 24.2. The van der Waals surface area contributed by atoms with Gasteiger partial charge in [0.1, 0.15) is 11.7 Å². The summed E-state index contributed by atoms with van der Waals surface area (Å²) in [7, 11) is 0. The summed E-state index contributed by atoms with van der Waals surface area (Å²) in [6.45, 7) is 7.22. The molecular weight excluding hydrogens is 424 g/mol. The minimum Gasteiger partial charge on any atom is -0.451 e. The second-order valence-electron chi connectivity index (χ2n) is 8.00. The number of thiazole rings is 1. The first kappa shape index (κ1) is 20.7. The number of para-hydroxylation sites is 1. The topological polar surface area (TPSA) is 80.5 Å². The highest BCUT2D eigenvalue weighted by molar-refractivity contribution is 7.13. The van der Waals surface area contributed by atoms with Crippen LogP contribution in [0, 0.1) is 20.8 Å². The van der Waals surface area contributed by atoms with Gasteiger partial charge < -0.3 is 19.4 Å². The number of benzene rings is 1. The average molecular weight is 449 g/mol. The highest BCUT2D eigenvalue weighted by Crippen LogP contribution is 2.30. The predicted octanol–water partition coefficient (Wildman–Crippen LogP) is 5.17. The second-order valence-corrected chi connectivity index (χ2v) is 8.86. The van der Waals surface area contributed by atoms with Crippen molar-refractivity contribution < 1.29 is 13.9 Å². The summed E-state index contributed by atoms with van der Waals surface area (Å²) < 4.78 is 11.9. The molecule has 0 spiro atoms. The standard InChI is InChI=1S/C24H24N4O3S/c1-14-10-17(27-24-26-15(2)13-32-24)11-19(25-14)21-12-28(8-9-30-21)23(29)22-16(3)18-6-4-5-7-20(18)31-22/h4-7,10-11,13,21H,8-9,12H2,1-3H3,(H,25,26,27). The molecule has 1 aliphatic rings. The number of ether oxygens (including phenoxy) is 1. The number of amides is 1. The Morgan fingerprint density at radius 3 is 2.78 bits per heavy atom. The van der Waals surface area contributed by atoms with Gasteiger partial charge in [0.2, 0.25) is 0 Å². The number of fused-ring (bicyclic) bond motifs is 1. The lowest BCUT2D eigenvalue weighted by Gasteiger charge is -2.32. The number of aryl methyl sites for hydroxylation is 3. The number of aromatic nitrogens is 2. The Kier molecular flexibility index (Phi) is 5.40. The third kappa shape index (κ3) is 3.99. The molecule has 1 aromatic carbocycles. The van der Waals surface area contributed by atoms with E-state index in [-0.39, 0.29) is 12.0 Å². The smallest absolute Gasteiger partial charge is 0.290 e. The number of hydrogen-bond acceptors (Lipinski definition) is 7. The number of anilines is 2. The van der Waals surface area contributed by atoms with Crippen LogP contribution in [-0.4, -0.2) is 40.5 Å². The molecule has 0 bridgehead atoms. The van der Waals surface area contributed by atoms with E-state index >= 15 is 0 Å². The SMILES string of the molecule is Cc1cc(Nc2nc(C)cs2)cc(C2CN(C(=O)c3oc4ccccc4c3C)CCO2)n1. The quantitative estimate of drug-likeness (QED) is 0.464. The Balaban J connectivity index is 1.37. The first-order valence-electron chi connectivity index (χ1n) is 10.5. The van der Waals surface area contributed by atoms with Gasteiger partial charge in [-0.1, -0.05) is 18.2 Å². The summed E-state index contributed by atoms with van der Waals surface area (Å²) in [6.07, 6.45) is -0.309. The minimum absolute atomic E-state index is 0.115. The largest absolute Gasteiger partial charge is 0.451 e. The summed E-state index contributed by atoms with van der Waals surface area (Å²) in [6, 6.07) is 11.7. The van der Waals surface area contributed by atoms with Gasteiger partial charge in [-0.25, -0.2) is 4.98 Å². The van der Waals surface area contributed by atoms with Gasteiger partial charge in [0.25, 0.3) is 5.91 Å². The molecular formula is C24H24N4O3S. The number of nitrogens with zero attached hydrogens (tertiary/aromatic N) is 3. The molecule has 4 aromatic rings. The lowest BCUT2D eigenvalue weighted by atomic mass is 10.1. The average Bonchev–Trinajstić information content (AvgIpc) is 3.35. The summed E-state index contributed by atoms with van der Waals surface area (Å²) in [5, 5.41) is 7.15. The number of morpholine rings is 1. The molecule has 1 fully saturated rings. The van der Waals surface area contributed by atoms with E-state index in [1.807, 2.05) is 62.5 Å². The Bertz CT molecular complexity index is 1300. The van der Waals surface area contributed by atoms with Gasteiger partial charge in [-0.05, 0) is 39.0 Å². The lowest BCUT2D eigenvalue weighted by Crippen LogP contribution is -2.42. The van der Waals surface area contributed by atoms with Crippen molar-refractivity contribution in [2.45, 2.75) is 26.9 Å². The van der Waals surface area contributed by atoms with Crippen LogP contribution >= 0.6 is 11.3 Å². The molecule has 0 saturated carbocycles. The van der Waals surface area contributed by atoms with Crippen molar-refractivity contribution in [2.75, 3.05) is 25.0 Å². The number of hydrogen-bond donors (Lipinski definition) is 1. The maximum absolute atomic E-state index is 13.3. The monoisotopic (exact) mass is 448 g/mol. The van der Waals surface area contributed by atoms with Crippen molar-refractivity contribution >= 4 is 39.0 Å². The van der Waals surface area contributed by atoms with Crippen LogP contribution in [0.1, 0.15) is 39.3 Å². The van der Waals surface area contributed by atoms with Gasteiger partial charge in [-0.2, -0.15) is 0 Å². The fourth-order valence-electron chi connectivity index (χ4n) is 4.00. The molecule has 1 saturated heterocycles. The number of carbonyl (C=O) groups excluding carboxylic acids is 1. The van der Waals surface area contributed by atoms with Crippen LogP contribution in [0.2, 0.25) is 0 Å². The van der Waals surface area contributed by atoms with Crippen molar-refractivity contribution in [2.24, 2.45) is 0 Å². The molecule has 8 heteroatoms. The molecule has 5 rings (SSSR count). The van der Waals surface area contributed by atoms with Gasteiger partial charge >= 0.3 is 0 Å². The molecule has 3 aromatic heterocycles.